The van der Waals surface area contributed by atoms with E-state index in [9.17, 15) is 24.3 Å². The number of carboxylic acid groups (broad SMARTS) is 1. The first-order chi connectivity index (χ1) is 16.2. The van der Waals surface area contributed by atoms with Crippen molar-refractivity contribution in [2.45, 2.75) is 38.3 Å². The zero-order valence-electron chi connectivity index (χ0n) is 18.9. The smallest absolute Gasteiger partial charge is 0.326 e. The van der Waals surface area contributed by atoms with E-state index >= 15 is 0 Å². The Labute approximate surface area is 197 Å². The Morgan fingerprint density at radius 3 is 2.09 bits per heavy atom. The number of carboxylic acids is 1. The van der Waals surface area contributed by atoms with Crippen molar-refractivity contribution in [2.24, 2.45) is 16.5 Å². The van der Waals surface area contributed by atoms with E-state index in [-0.39, 0.29) is 31.1 Å². The van der Waals surface area contributed by atoms with Crippen LogP contribution in [-0.4, -0.2) is 53.3 Å². The molecule has 0 saturated heterocycles. The summed E-state index contributed by atoms with van der Waals surface area (Å²) in [6.07, 6.45) is 0.573. The zero-order chi connectivity index (χ0) is 25.1. The van der Waals surface area contributed by atoms with Gasteiger partial charge in [-0.3, -0.25) is 19.4 Å². The molecule has 2 atom stereocenters. The van der Waals surface area contributed by atoms with E-state index < -0.39 is 29.9 Å². The van der Waals surface area contributed by atoms with Crippen LogP contribution in [0.5, 0.6) is 0 Å². The summed E-state index contributed by atoms with van der Waals surface area (Å²) in [6.45, 7) is 1.50. The number of carbonyl (C=O) groups excluding carboxylic acids is 3. The third-order valence-corrected chi connectivity index (χ3v) is 4.95. The fraction of sp³-hybridized carbons (Fsp3) is 0.292. The SMILES string of the molecule is CC(=O)NC(Cc1ccc(C(=O)c2ccccc2)cc1)C(=O)NC(CCCN=C(N)N)C(=O)O. The minimum absolute atomic E-state index is 0.0990. The van der Waals surface area contributed by atoms with Crippen LogP contribution in [0.15, 0.2) is 59.6 Å². The van der Waals surface area contributed by atoms with Crippen LogP contribution in [0.25, 0.3) is 0 Å². The Kier molecular flexibility index (Phi) is 9.75. The van der Waals surface area contributed by atoms with Gasteiger partial charge in [-0.05, 0) is 18.4 Å². The number of aliphatic imine (C=N–C) groups is 1. The minimum atomic E-state index is -1.21. The number of guanidine groups is 1. The first-order valence-electron chi connectivity index (χ1n) is 10.7. The number of rotatable bonds is 12. The molecule has 180 valence electrons. The number of hydrogen-bond donors (Lipinski definition) is 5. The lowest BCUT2D eigenvalue weighted by atomic mass is 9.99. The van der Waals surface area contributed by atoms with Crippen molar-refractivity contribution in [3.05, 3.63) is 71.3 Å². The summed E-state index contributed by atoms with van der Waals surface area (Å²) in [5, 5.41) is 14.5. The maximum atomic E-state index is 12.8. The van der Waals surface area contributed by atoms with Crippen molar-refractivity contribution in [1.82, 2.24) is 10.6 Å². The van der Waals surface area contributed by atoms with E-state index in [2.05, 4.69) is 15.6 Å². The normalized spacial score (nSPS) is 12.1. The molecule has 34 heavy (non-hydrogen) atoms. The Balaban J connectivity index is 2.07. The van der Waals surface area contributed by atoms with E-state index in [1.54, 1.807) is 48.5 Å². The van der Waals surface area contributed by atoms with Crippen LogP contribution in [0.2, 0.25) is 0 Å². The number of hydrogen-bond acceptors (Lipinski definition) is 5. The first-order valence-corrected chi connectivity index (χ1v) is 10.7. The Morgan fingerprint density at radius 1 is 0.912 bits per heavy atom. The number of benzene rings is 2. The predicted molar refractivity (Wildman–Crippen MR) is 127 cm³/mol. The third-order valence-electron chi connectivity index (χ3n) is 4.95. The van der Waals surface area contributed by atoms with Crippen LogP contribution in [-0.2, 0) is 20.8 Å². The van der Waals surface area contributed by atoms with Crippen LogP contribution in [0, 0.1) is 0 Å². The lowest BCUT2D eigenvalue weighted by Crippen LogP contribution is -2.52. The average Bonchev–Trinajstić information content (AvgIpc) is 2.80. The highest BCUT2D eigenvalue weighted by atomic mass is 16.4. The summed E-state index contributed by atoms with van der Waals surface area (Å²) in [5.41, 5.74) is 12.2. The maximum absolute atomic E-state index is 12.8. The molecule has 0 saturated carbocycles. The molecule has 2 aromatic carbocycles. The molecule has 2 rings (SSSR count). The van der Waals surface area contributed by atoms with Crippen molar-refractivity contribution in [1.29, 1.82) is 0 Å². The standard InChI is InChI=1S/C24H29N5O5/c1-15(30)28-20(22(32)29-19(23(33)34)8-5-13-27-24(25)26)14-16-9-11-18(12-10-16)21(31)17-6-3-2-4-7-17/h2-4,6-7,9-12,19-20H,5,8,13-14H2,1H3,(H,28,30)(H,29,32)(H,33,34)(H4,25,26,27). The molecule has 2 unspecified atom stereocenters. The van der Waals surface area contributed by atoms with Gasteiger partial charge in [0.2, 0.25) is 11.8 Å². The van der Waals surface area contributed by atoms with Crippen LogP contribution in [0.4, 0.5) is 0 Å². The molecule has 2 aromatic rings. The summed E-state index contributed by atoms with van der Waals surface area (Å²) in [6, 6.07) is 13.4. The molecular formula is C24H29N5O5. The van der Waals surface area contributed by atoms with Gasteiger partial charge in [0.25, 0.3) is 0 Å². The highest BCUT2D eigenvalue weighted by Gasteiger charge is 2.26. The number of nitrogens with one attached hydrogen (secondary N) is 2. The maximum Gasteiger partial charge on any atom is 0.326 e. The van der Waals surface area contributed by atoms with Gasteiger partial charge in [0.05, 0.1) is 0 Å². The Hall–Kier alpha value is -4.21. The van der Waals surface area contributed by atoms with Crippen LogP contribution >= 0.6 is 0 Å². The topological polar surface area (TPSA) is 177 Å². The van der Waals surface area contributed by atoms with Crippen LogP contribution in [0.1, 0.15) is 41.3 Å². The molecule has 10 heteroatoms. The summed E-state index contributed by atoms with van der Waals surface area (Å²) >= 11 is 0. The number of amides is 2. The van der Waals surface area contributed by atoms with Crippen LogP contribution < -0.4 is 22.1 Å². The first kappa shape index (κ1) is 26.0. The van der Waals surface area contributed by atoms with Gasteiger partial charge in [0.15, 0.2) is 11.7 Å². The molecule has 0 fully saturated rings. The second kappa shape index (κ2) is 12.7. The van der Waals surface area contributed by atoms with Crippen LogP contribution in [0.3, 0.4) is 0 Å². The van der Waals surface area contributed by atoms with Gasteiger partial charge in [-0.2, -0.15) is 0 Å². The van der Waals surface area contributed by atoms with Gasteiger partial charge >= 0.3 is 5.97 Å². The fourth-order valence-electron chi connectivity index (χ4n) is 3.27. The number of nitrogens with zero attached hydrogens (tertiary/aromatic N) is 1. The number of ketones is 1. The molecule has 0 radical (unpaired) electrons. The molecule has 0 aliphatic carbocycles. The fourth-order valence-corrected chi connectivity index (χ4v) is 3.27. The third kappa shape index (κ3) is 8.38. The van der Waals surface area contributed by atoms with E-state index in [0.717, 1.165) is 0 Å². The largest absolute Gasteiger partial charge is 0.480 e. The van der Waals surface area contributed by atoms with E-state index in [1.165, 1.54) is 6.92 Å². The molecule has 7 N–H and O–H groups in total. The number of nitrogens with two attached hydrogens (primary N) is 2. The van der Waals surface area contributed by atoms with Gasteiger partial charge < -0.3 is 27.2 Å². The van der Waals surface area contributed by atoms with E-state index in [0.29, 0.717) is 23.1 Å². The molecule has 0 spiro atoms. The highest BCUT2D eigenvalue weighted by molar-refractivity contribution is 6.08. The zero-order valence-corrected chi connectivity index (χ0v) is 18.9. The molecular weight excluding hydrogens is 438 g/mol. The van der Waals surface area contributed by atoms with E-state index in [1.807, 2.05) is 6.07 Å². The second-order valence-corrected chi connectivity index (χ2v) is 7.70. The Morgan fingerprint density at radius 2 is 1.53 bits per heavy atom. The van der Waals surface area contributed by atoms with Gasteiger partial charge in [0, 0.05) is 31.0 Å². The summed E-state index contributed by atoms with van der Waals surface area (Å²) < 4.78 is 0. The molecule has 0 heterocycles. The van der Waals surface area contributed by atoms with Gasteiger partial charge in [-0.25, -0.2) is 4.79 Å². The minimum Gasteiger partial charge on any atom is -0.480 e. The molecule has 0 aromatic heterocycles. The van der Waals surface area contributed by atoms with Gasteiger partial charge in [-0.1, -0.05) is 54.6 Å². The van der Waals surface area contributed by atoms with E-state index in [4.69, 9.17) is 11.5 Å². The summed E-state index contributed by atoms with van der Waals surface area (Å²) in [7, 11) is 0. The quantitative estimate of drug-likeness (QED) is 0.131. The highest BCUT2D eigenvalue weighted by Crippen LogP contribution is 2.13. The molecule has 2 amide bonds. The summed E-state index contributed by atoms with van der Waals surface area (Å²) in [5.74, 6) is -2.50. The van der Waals surface area contributed by atoms with Gasteiger partial charge in [-0.15, -0.1) is 0 Å². The van der Waals surface area contributed by atoms with Crippen molar-refractivity contribution < 1.29 is 24.3 Å². The lowest BCUT2D eigenvalue weighted by molar-refractivity contribution is -0.142. The van der Waals surface area contributed by atoms with Crippen molar-refractivity contribution >= 4 is 29.5 Å². The molecule has 0 aliphatic heterocycles. The van der Waals surface area contributed by atoms with Crippen molar-refractivity contribution in [2.75, 3.05) is 6.54 Å². The lowest BCUT2D eigenvalue weighted by Gasteiger charge is -2.21. The van der Waals surface area contributed by atoms with Gasteiger partial charge in [0.1, 0.15) is 12.1 Å². The monoisotopic (exact) mass is 467 g/mol. The molecule has 0 bridgehead atoms. The average molecular weight is 468 g/mol. The van der Waals surface area contributed by atoms with Crippen molar-refractivity contribution in [3.63, 3.8) is 0 Å². The summed E-state index contributed by atoms with van der Waals surface area (Å²) in [4.78, 5) is 52.4. The molecule has 0 aliphatic rings. The predicted octanol–water partition coefficient (Wildman–Crippen LogP) is 0.588. The number of aliphatic carboxylic acids is 1. The molecule has 10 nitrogen and oxygen atoms in total. The van der Waals surface area contributed by atoms with Crippen molar-refractivity contribution in [3.8, 4) is 0 Å². The second-order valence-electron chi connectivity index (χ2n) is 7.70. The number of carbonyl (C=O) groups is 4. The Bertz CT molecular complexity index is 1030.